The predicted molar refractivity (Wildman–Crippen MR) is 207 cm³/mol. The van der Waals surface area contributed by atoms with Crippen molar-refractivity contribution in [3.05, 3.63) is 156 Å². The highest BCUT2D eigenvalue weighted by Gasteiger charge is 2.56. The number of aliphatic hydroxyl groups is 5. The number of aryl methyl sites for hydroxylation is 3. The number of pyridine rings is 3. The molecule has 14 nitrogen and oxygen atoms in total. The molecule has 348 valence electrons. The summed E-state index contributed by atoms with van der Waals surface area (Å²) in [5, 5.41) is 54.5. The summed E-state index contributed by atoms with van der Waals surface area (Å²) in [4.78, 5) is 34.6. The lowest BCUT2D eigenvalue weighted by Crippen LogP contribution is -2.44. The van der Waals surface area contributed by atoms with Crippen molar-refractivity contribution in [2.75, 3.05) is 0 Å². The molecule has 0 saturated carbocycles. The average molecular weight is 914 g/mol. The van der Waals surface area contributed by atoms with Gasteiger partial charge in [-0.15, -0.1) is 0 Å². The first kappa shape index (κ1) is 54.9. The van der Waals surface area contributed by atoms with E-state index in [-0.39, 0.29) is 39.6 Å². The summed E-state index contributed by atoms with van der Waals surface area (Å²) in [5.41, 5.74) is -3.76. The standard InChI is InChI=1S/C15H14F3NO4.C15H14F3NO3.C8H8F3NO4.2CH4/c1-19-8-12(23-9-10-5-3-2-4-6-10)11(20)7-13(19)14(21,22)15(16,17)18;1-19-8-13(22-9-10-5-3-2-4-6-10)12(20)7-11(19)14(21)15(16,17)18;1-12-3-5(14)4(13)2-6(12)7(15,16)8(9,10)11;;/h2-8,21-22H,9H2,1H3;2-8,14,21H,9H2,1H3;2-3,14-16H,1H3;2*1H4. The van der Waals surface area contributed by atoms with E-state index >= 15 is 0 Å². The fourth-order valence-corrected chi connectivity index (χ4v) is 4.95. The Morgan fingerprint density at radius 3 is 1.29 bits per heavy atom. The number of ether oxygens (including phenoxy) is 2. The van der Waals surface area contributed by atoms with E-state index in [2.05, 4.69) is 0 Å². The fraction of sp³-hybridized carbons (Fsp3) is 0.325. The van der Waals surface area contributed by atoms with E-state index in [0.717, 1.165) is 52.8 Å². The molecule has 1 unspecified atom stereocenters. The maximum Gasteiger partial charge on any atom is 0.449 e. The van der Waals surface area contributed by atoms with Gasteiger partial charge in [0.15, 0.2) is 23.4 Å². The summed E-state index contributed by atoms with van der Waals surface area (Å²) in [6.45, 7) is 0.176. The maximum atomic E-state index is 12.7. The van der Waals surface area contributed by atoms with Crippen molar-refractivity contribution in [1.29, 1.82) is 0 Å². The molecule has 0 radical (unpaired) electrons. The van der Waals surface area contributed by atoms with Crippen LogP contribution in [-0.4, -0.2) is 62.9 Å². The third kappa shape index (κ3) is 13.9. The second-order valence-electron chi connectivity index (χ2n) is 12.9. The van der Waals surface area contributed by atoms with Crippen molar-refractivity contribution in [1.82, 2.24) is 13.7 Å². The zero-order valence-corrected chi connectivity index (χ0v) is 31.7. The minimum atomic E-state index is -5.35. The minimum Gasteiger partial charge on any atom is -0.503 e. The van der Waals surface area contributed by atoms with Crippen molar-refractivity contribution < 1.29 is 79.6 Å². The lowest BCUT2D eigenvalue weighted by Gasteiger charge is -2.26. The molecule has 0 bridgehead atoms. The van der Waals surface area contributed by atoms with E-state index < -0.39 is 75.3 Å². The van der Waals surface area contributed by atoms with Crippen LogP contribution in [0.1, 0.15) is 49.2 Å². The number of alkyl halides is 9. The number of aliphatic hydroxyl groups excluding tert-OH is 1. The van der Waals surface area contributed by atoms with Gasteiger partial charge in [-0.05, 0) is 11.1 Å². The quantitative estimate of drug-likeness (QED) is 0.0829. The molecule has 0 spiro atoms. The van der Waals surface area contributed by atoms with Crippen LogP contribution in [0.2, 0.25) is 0 Å². The van der Waals surface area contributed by atoms with Crippen molar-refractivity contribution in [3.63, 3.8) is 0 Å². The summed E-state index contributed by atoms with van der Waals surface area (Å²) in [6, 6.07) is 19.4. The number of nitrogens with zero attached hydrogens (tertiary/aromatic N) is 3. The monoisotopic (exact) mass is 913 g/mol. The van der Waals surface area contributed by atoms with Crippen LogP contribution in [0.25, 0.3) is 0 Å². The molecular formula is C40H44F9N3O11. The third-order valence-corrected chi connectivity index (χ3v) is 8.23. The summed E-state index contributed by atoms with van der Waals surface area (Å²) in [6.07, 6.45) is -15.5. The van der Waals surface area contributed by atoms with Crippen LogP contribution in [0.5, 0.6) is 17.2 Å². The van der Waals surface area contributed by atoms with Crippen LogP contribution >= 0.6 is 0 Å². The molecule has 63 heavy (non-hydrogen) atoms. The number of rotatable bonds is 9. The van der Waals surface area contributed by atoms with Gasteiger partial charge >= 0.3 is 30.1 Å². The predicted octanol–water partition coefficient (Wildman–Crippen LogP) is 5.29. The minimum absolute atomic E-state index is 0. The Morgan fingerprint density at radius 2 is 0.905 bits per heavy atom. The highest BCUT2D eigenvalue weighted by Crippen LogP contribution is 2.37. The zero-order valence-electron chi connectivity index (χ0n) is 31.7. The summed E-state index contributed by atoms with van der Waals surface area (Å²) >= 11 is 0. The second-order valence-corrected chi connectivity index (χ2v) is 12.9. The Balaban J connectivity index is 0.000000473. The van der Waals surface area contributed by atoms with Gasteiger partial charge in [0.2, 0.25) is 16.3 Å². The van der Waals surface area contributed by atoms with E-state index in [1.807, 2.05) is 6.07 Å². The molecule has 0 aliphatic carbocycles. The van der Waals surface area contributed by atoms with Crippen molar-refractivity contribution >= 4 is 0 Å². The lowest BCUT2D eigenvalue weighted by molar-refractivity contribution is -0.360. The van der Waals surface area contributed by atoms with Gasteiger partial charge in [0, 0.05) is 45.5 Å². The molecule has 0 aliphatic rings. The molecule has 0 saturated heterocycles. The second kappa shape index (κ2) is 21.3. The highest BCUT2D eigenvalue weighted by atomic mass is 19.4. The number of benzene rings is 2. The zero-order chi connectivity index (χ0) is 46.3. The molecule has 3 heterocycles. The Kier molecular flexibility index (Phi) is 18.5. The first-order valence-corrected chi connectivity index (χ1v) is 16.9. The third-order valence-electron chi connectivity index (χ3n) is 8.23. The van der Waals surface area contributed by atoms with Crippen LogP contribution in [0.3, 0.4) is 0 Å². The highest BCUT2D eigenvalue weighted by molar-refractivity contribution is 5.27. The van der Waals surface area contributed by atoms with Crippen molar-refractivity contribution in [2.24, 2.45) is 21.1 Å². The van der Waals surface area contributed by atoms with Gasteiger partial charge in [0.25, 0.3) is 0 Å². The van der Waals surface area contributed by atoms with E-state index in [1.54, 1.807) is 54.6 Å². The number of hydrogen-bond acceptors (Lipinski definition) is 11. The van der Waals surface area contributed by atoms with Crippen LogP contribution < -0.4 is 25.8 Å². The Bertz CT molecular complexity index is 2430. The van der Waals surface area contributed by atoms with Gasteiger partial charge in [0.05, 0.1) is 29.5 Å². The number of halogens is 9. The molecule has 3 aromatic heterocycles. The summed E-state index contributed by atoms with van der Waals surface area (Å²) < 4.78 is 125. The van der Waals surface area contributed by atoms with Gasteiger partial charge in [-0.2, -0.15) is 39.5 Å². The lowest BCUT2D eigenvalue weighted by atomic mass is 10.1. The molecule has 5 aromatic rings. The first-order chi connectivity index (χ1) is 28.0. The van der Waals surface area contributed by atoms with E-state index in [1.165, 1.54) is 7.05 Å². The molecule has 6 N–H and O–H groups in total. The molecule has 0 fully saturated rings. The largest absolute Gasteiger partial charge is 0.503 e. The first-order valence-electron chi connectivity index (χ1n) is 16.9. The molecule has 0 amide bonds. The molecule has 5 rings (SSSR count). The Morgan fingerprint density at radius 1 is 0.556 bits per heavy atom. The number of aromatic hydroxyl groups is 1. The average Bonchev–Trinajstić information content (AvgIpc) is 3.16. The SMILES string of the molecule is C.C.Cn1cc(O)c(=O)cc1C(O)(O)C(F)(F)F.Cn1cc(OCc2ccccc2)c(=O)cc1C(O)(O)C(F)(F)F.Cn1cc(OCc2ccccc2)c(=O)cc1C(O)C(F)(F)F. The molecular weight excluding hydrogens is 869 g/mol. The maximum absolute atomic E-state index is 12.7. The topological polar surface area (TPSA) is 206 Å². The van der Waals surface area contributed by atoms with Gasteiger partial charge < -0.3 is 53.8 Å². The number of aromatic nitrogens is 3. The molecule has 2 aromatic carbocycles. The van der Waals surface area contributed by atoms with Gasteiger partial charge in [-0.1, -0.05) is 75.5 Å². The van der Waals surface area contributed by atoms with E-state index in [4.69, 9.17) is 24.8 Å². The van der Waals surface area contributed by atoms with Crippen LogP contribution in [0.15, 0.2) is 112 Å². The normalized spacial score (nSPS) is 12.3. The fourth-order valence-electron chi connectivity index (χ4n) is 4.95. The van der Waals surface area contributed by atoms with Crippen LogP contribution in [0, 0.1) is 0 Å². The summed E-state index contributed by atoms with van der Waals surface area (Å²) in [5.74, 6) is -9.33. The Labute approximate surface area is 352 Å². The molecule has 0 aliphatic heterocycles. The van der Waals surface area contributed by atoms with E-state index in [0.29, 0.717) is 22.9 Å². The van der Waals surface area contributed by atoms with Crippen molar-refractivity contribution in [3.8, 4) is 17.2 Å². The smallest absolute Gasteiger partial charge is 0.449 e. The van der Waals surface area contributed by atoms with Crippen LogP contribution in [0.4, 0.5) is 39.5 Å². The summed E-state index contributed by atoms with van der Waals surface area (Å²) in [7, 11) is 3.48. The molecule has 1 atom stereocenters. The van der Waals surface area contributed by atoms with Gasteiger partial charge in [-0.3, -0.25) is 14.4 Å². The molecule has 23 heteroatoms. The Hall–Kier alpha value is -6.14. The van der Waals surface area contributed by atoms with Crippen molar-refractivity contribution in [2.45, 2.75) is 64.3 Å². The van der Waals surface area contributed by atoms with Gasteiger partial charge in [0.1, 0.15) is 13.2 Å². The van der Waals surface area contributed by atoms with Gasteiger partial charge in [-0.25, -0.2) is 0 Å². The van der Waals surface area contributed by atoms with E-state index in [9.17, 15) is 69.2 Å². The van der Waals surface area contributed by atoms with Crippen LogP contribution in [-0.2, 0) is 45.9 Å². The number of hydrogen-bond donors (Lipinski definition) is 6.